The summed E-state index contributed by atoms with van der Waals surface area (Å²) < 4.78 is 0. The number of unbranched alkanes of at least 4 members (excludes halogenated alkanes) is 33. The first-order chi connectivity index (χ1) is 20.1. The third kappa shape index (κ3) is 41.4. The minimum Gasteiger partial charge on any atom is -0.179 e. The van der Waals surface area contributed by atoms with Gasteiger partial charge in [-0.3, -0.25) is 0 Å². The summed E-state index contributed by atoms with van der Waals surface area (Å²) >= 11 is 22.1. The molecule has 0 nitrogen and oxygen atoms in total. The highest BCUT2D eigenvalue weighted by molar-refractivity contribution is 7.80. The number of thiol groups is 1. The molecule has 248 valence electrons. The summed E-state index contributed by atoms with van der Waals surface area (Å²) in [6.07, 6.45) is 48.6. The molecule has 0 amide bonds. The molecule has 0 aromatic carbocycles. The minimum absolute atomic E-state index is 0.830. The van der Waals surface area contributed by atoms with E-state index in [4.69, 9.17) is 33.2 Å². The molecule has 0 spiro atoms. The van der Waals surface area contributed by atoms with Crippen molar-refractivity contribution < 1.29 is 0 Å². The van der Waals surface area contributed by atoms with Crippen molar-refractivity contribution >= 4 is 51.9 Å². The first-order valence-electron chi connectivity index (χ1n) is 18.7. The number of hydrogen-bond acceptors (Lipinski definition) is 1. The summed E-state index contributed by atoms with van der Waals surface area (Å²) in [5.74, 6) is 1.06. The van der Waals surface area contributed by atoms with Gasteiger partial charge in [0.25, 0.3) is 0 Å². The summed E-state index contributed by atoms with van der Waals surface area (Å²) in [4.78, 5) is 0. The van der Waals surface area contributed by atoms with Crippen molar-refractivity contribution in [3.05, 3.63) is 0 Å². The highest BCUT2D eigenvalue weighted by atomic mass is 35.8. The predicted molar refractivity (Wildman–Crippen MR) is 199 cm³/mol. The average molecular weight is 672 g/mol. The van der Waals surface area contributed by atoms with Gasteiger partial charge in [-0.25, -0.2) is 0 Å². The Morgan fingerprint density at radius 3 is 0.537 bits per heavy atom. The molecule has 5 heteroatoms. The standard InChI is InChI=1S/C36H73Cl3SSi/c37-41(38,39)36-34-32-30-28-26-24-22-20-18-16-14-12-10-8-6-4-2-1-3-5-7-9-11-13-15-17-19-21-23-25-27-29-31-33-35-40/h40H,1-36H2. The van der Waals surface area contributed by atoms with Crippen LogP contribution >= 0.6 is 45.9 Å². The van der Waals surface area contributed by atoms with E-state index in [-0.39, 0.29) is 0 Å². The second-order valence-corrected chi connectivity index (χ2v) is 22.8. The zero-order valence-corrected chi connectivity index (χ0v) is 31.7. The SMILES string of the molecule is SCCCCCCCCCCCCCCCCCCCCCCCCCCCCCCCCCCCC[Si](Cl)(Cl)Cl. The number of rotatable bonds is 36. The van der Waals surface area contributed by atoms with Crippen LogP contribution in [0.5, 0.6) is 0 Å². The smallest absolute Gasteiger partial charge is 0.179 e. The first-order valence-corrected chi connectivity index (χ1v) is 24.6. The van der Waals surface area contributed by atoms with Gasteiger partial charge >= 0.3 is 6.00 Å². The first kappa shape index (κ1) is 42.4. The third-order valence-corrected chi connectivity index (χ3v) is 11.8. The highest BCUT2D eigenvalue weighted by Gasteiger charge is 2.23. The van der Waals surface area contributed by atoms with Gasteiger partial charge in [-0.05, 0) is 18.2 Å². The Labute approximate surface area is 280 Å². The monoisotopic (exact) mass is 670 g/mol. The van der Waals surface area contributed by atoms with Gasteiger partial charge in [0.2, 0.25) is 0 Å². The van der Waals surface area contributed by atoms with E-state index in [2.05, 4.69) is 12.6 Å². The molecular weight excluding hydrogens is 599 g/mol. The molecule has 0 aliphatic rings. The van der Waals surface area contributed by atoms with Crippen LogP contribution in [0.4, 0.5) is 0 Å². The predicted octanol–water partition coefficient (Wildman–Crippen LogP) is 15.8. The van der Waals surface area contributed by atoms with Crippen molar-refractivity contribution in [2.45, 2.75) is 224 Å². The largest absolute Gasteiger partial charge is 0.341 e. The maximum absolute atomic E-state index is 5.93. The van der Waals surface area contributed by atoms with E-state index in [1.807, 2.05) is 0 Å². The van der Waals surface area contributed by atoms with Gasteiger partial charge in [0.15, 0.2) is 0 Å². The zero-order valence-electron chi connectivity index (χ0n) is 27.5. The molecule has 0 rings (SSSR count). The minimum atomic E-state index is -2.37. The van der Waals surface area contributed by atoms with Crippen LogP contribution in [0.25, 0.3) is 0 Å². The number of hydrogen-bond donors (Lipinski definition) is 1. The lowest BCUT2D eigenvalue weighted by molar-refractivity contribution is 0.511. The van der Waals surface area contributed by atoms with Crippen molar-refractivity contribution in [3.8, 4) is 0 Å². The van der Waals surface area contributed by atoms with Gasteiger partial charge in [-0.15, -0.1) is 33.2 Å². The summed E-state index contributed by atoms with van der Waals surface area (Å²) in [6.45, 7) is 0. The molecule has 0 N–H and O–H groups in total. The van der Waals surface area contributed by atoms with Crippen LogP contribution < -0.4 is 0 Å². The van der Waals surface area contributed by atoms with Crippen LogP contribution in [0, 0.1) is 0 Å². The molecule has 0 saturated carbocycles. The van der Waals surface area contributed by atoms with E-state index >= 15 is 0 Å². The highest BCUT2D eigenvalue weighted by Crippen LogP contribution is 2.27. The van der Waals surface area contributed by atoms with E-state index < -0.39 is 6.00 Å². The fraction of sp³-hybridized carbons (Fsp3) is 1.00. The van der Waals surface area contributed by atoms with Gasteiger partial charge < -0.3 is 0 Å². The molecule has 0 atom stereocenters. The van der Waals surface area contributed by atoms with Crippen molar-refractivity contribution in [1.82, 2.24) is 0 Å². The average Bonchev–Trinajstić information content (AvgIpc) is 2.94. The molecule has 0 aliphatic heterocycles. The molecule has 0 heterocycles. The summed E-state index contributed by atoms with van der Waals surface area (Å²) in [5, 5.41) is 0. The van der Waals surface area contributed by atoms with E-state index in [1.54, 1.807) is 0 Å². The molecule has 0 aliphatic carbocycles. The maximum atomic E-state index is 5.93. The lowest BCUT2D eigenvalue weighted by Crippen LogP contribution is -2.07. The molecule has 0 unspecified atom stereocenters. The van der Waals surface area contributed by atoms with E-state index in [9.17, 15) is 0 Å². The number of halogens is 3. The Morgan fingerprint density at radius 2 is 0.390 bits per heavy atom. The van der Waals surface area contributed by atoms with Crippen LogP contribution in [0.2, 0.25) is 6.04 Å². The molecule has 0 bridgehead atoms. The molecule has 0 saturated heterocycles. The normalized spacial score (nSPS) is 12.0. The molecule has 0 aromatic heterocycles. The van der Waals surface area contributed by atoms with Gasteiger partial charge in [0, 0.05) is 0 Å². The van der Waals surface area contributed by atoms with Crippen LogP contribution in [0.3, 0.4) is 0 Å². The zero-order chi connectivity index (χ0) is 30.0. The van der Waals surface area contributed by atoms with Crippen molar-refractivity contribution in [2.24, 2.45) is 0 Å². The van der Waals surface area contributed by atoms with E-state index in [0.29, 0.717) is 0 Å². The quantitative estimate of drug-likeness (QED) is 0.0291. The Kier molecular flexibility index (Phi) is 37.2. The summed E-state index contributed by atoms with van der Waals surface area (Å²) in [7, 11) is 0. The molecular formula is C36H73Cl3SSi. The van der Waals surface area contributed by atoms with Crippen molar-refractivity contribution in [1.29, 1.82) is 0 Å². The Balaban J connectivity index is 3.04. The topological polar surface area (TPSA) is 0 Å². The molecule has 0 aromatic rings. The molecule has 41 heavy (non-hydrogen) atoms. The molecule has 0 fully saturated rings. The van der Waals surface area contributed by atoms with Crippen LogP contribution in [0.15, 0.2) is 0 Å². The Morgan fingerprint density at radius 1 is 0.244 bits per heavy atom. The molecule has 0 radical (unpaired) electrons. The lowest BCUT2D eigenvalue weighted by atomic mass is 10.0. The van der Waals surface area contributed by atoms with E-state index in [0.717, 1.165) is 18.2 Å². The van der Waals surface area contributed by atoms with Gasteiger partial charge in [0.1, 0.15) is 0 Å². The third-order valence-electron chi connectivity index (χ3n) is 8.87. The summed E-state index contributed by atoms with van der Waals surface area (Å²) in [5.41, 5.74) is 0. The van der Waals surface area contributed by atoms with Crippen LogP contribution in [-0.2, 0) is 0 Å². The Hall–Kier alpha value is 1.44. The fourth-order valence-corrected chi connectivity index (χ4v) is 8.17. The van der Waals surface area contributed by atoms with Gasteiger partial charge in [-0.2, -0.15) is 12.6 Å². The van der Waals surface area contributed by atoms with Gasteiger partial charge in [0.05, 0.1) is 0 Å². The Bertz CT molecular complexity index is 472. The fourth-order valence-electron chi connectivity index (χ4n) is 6.09. The maximum Gasteiger partial charge on any atom is 0.341 e. The van der Waals surface area contributed by atoms with E-state index in [1.165, 1.54) is 212 Å². The summed E-state index contributed by atoms with van der Waals surface area (Å²) in [6, 6.07) is -1.54. The van der Waals surface area contributed by atoms with Gasteiger partial charge in [-0.1, -0.05) is 212 Å². The lowest BCUT2D eigenvalue weighted by Gasteiger charge is -2.07. The van der Waals surface area contributed by atoms with Crippen molar-refractivity contribution in [3.63, 3.8) is 0 Å². The van der Waals surface area contributed by atoms with Crippen molar-refractivity contribution in [2.75, 3.05) is 5.75 Å². The second-order valence-electron chi connectivity index (χ2n) is 13.1. The van der Waals surface area contributed by atoms with Crippen LogP contribution in [-0.4, -0.2) is 11.8 Å². The second kappa shape index (κ2) is 35.9. The van der Waals surface area contributed by atoms with Crippen LogP contribution in [0.1, 0.15) is 218 Å².